The number of hydrogen-bond acceptors (Lipinski definition) is 2. The third-order valence-corrected chi connectivity index (χ3v) is 1.80. The average molecular weight is 217 g/mol. The molecule has 0 saturated heterocycles. The van der Waals surface area contributed by atoms with Crippen molar-refractivity contribution in [1.29, 1.82) is 0 Å². The lowest BCUT2D eigenvalue weighted by Crippen LogP contribution is -2.36. The van der Waals surface area contributed by atoms with Crippen LogP contribution in [0.2, 0.25) is 5.02 Å². The smallest absolute Gasteiger partial charge is 0.265 e. The molecule has 0 radical (unpaired) electrons. The molecular formula is C9H10ClFN2O. The molecule has 1 aromatic rings. The van der Waals surface area contributed by atoms with Gasteiger partial charge in [0.2, 0.25) is 0 Å². The van der Waals surface area contributed by atoms with Gasteiger partial charge in [-0.15, -0.1) is 0 Å². The van der Waals surface area contributed by atoms with Crippen LogP contribution in [0.4, 0.5) is 4.39 Å². The van der Waals surface area contributed by atoms with Crippen molar-refractivity contribution in [3.05, 3.63) is 34.6 Å². The summed E-state index contributed by atoms with van der Waals surface area (Å²) in [6.07, 6.45) is 0. The van der Waals surface area contributed by atoms with E-state index in [1.165, 1.54) is 17.1 Å². The monoisotopic (exact) mass is 216 g/mol. The zero-order chi connectivity index (χ0) is 10.7. The Labute approximate surface area is 86.4 Å². The minimum absolute atomic E-state index is 0.0589. The number of nitrogens with zero attached hydrogens (tertiary/aromatic N) is 1. The van der Waals surface area contributed by atoms with Crippen LogP contribution in [0.15, 0.2) is 18.2 Å². The topological polar surface area (TPSA) is 32.3 Å². The van der Waals surface area contributed by atoms with E-state index < -0.39 is 5.82 Å². The van der Waals surface area contributed by atoms with Crippen LogP contribution in [0.1, 0.15) is 10.4 Å². The molecule has 5 heteroatoms. The van der Waals surface area contributed by atoms with E-state index >= 15 is 0 Å². The van der Waals surface area contributed by atoms with Crippen molar-refractivity contribution >= 4 is 17.5 Å². The second-order valence-corrected chi connectivity index (χ2v) is 3.37. The zero-order valence-electron chi connectivity index (χ0n) is 7.84. The fourth-order valence-corrected chi connectivity index (χ4v) is 1.09. The van der Waals surface area contributed by atoms with E-state index in [0.29, 0.717) is 5.56 Å². The summed E-state index contributed by atoms with van der Waals surface area (Å²) in [4.78, 5) is 11.4. The molecule has 0 spiro atoms. The van der Waals surface area contributed by atoms with Crippen LogP contribution in [-0.4, -0.2) is 25.0 Å². The summed E-state index contributed by atoms with van der Waals surface area (Å²) in [7, 11) is 3.37. The quantitative estimate of drug-likeness (QED) is 0.763. The van der Waals surface area contributed by atoms with Crippen molar-refractivity contribution in [2.24, 2.45) is 0 Å². The fourth-order valence-electron chi connectivity index (χ4n) is 0.905. The minimum Gasteiger partial charge on any atom is -0.285 e. The van der Waals surface area contributed by atoms with E-state index in [9.17, 15) is 9.18 Å². The molecule has 0 aliphatic heterocycles. The lowest BCUT2D eigenvalue weighted by molar-refractivity contribution is 0.0857. The van der Waals surface area contributed by atoms with Gasteiger partial charge in [0.15, 0.2) is 0 Å². The summed E-state index contributed by atoms with van der Waals surface area (Å²) in [5.74, 6) is -0.857. The van der Waals surface area contributed by atoms with Gasteiger partial charge in [0.05, 0.1) is 5.02 Å². The number of amides is 1. The average Bonchev–Trinajstić information content (AvgIpc) is 2.08. The molecule has 76 valence electrons. The van der Waals surface area contributed by atoms with Gasteiger partial charge < -0.3 is 0 Å². The van der Waals surface area contributed by atoms with Crippen LogP contribution in [0.3, 0.4) is 0 Å². The molecule has 0 saturated carbocycles. The van der Waals surface area contributed by atoms with Crippen LogP contribution in [0.25, 0.3) is 0 Å². The number of halogens is 2. The van der Waals surface area contributed by atoms with E-state index in [4.69, 9.17) is 11.6 Å². The van der Waals surface area contributed by atoms with E-state index in [1.54, 1.807) is 14.1 Å². The number of benzene rings is 1. The zero-order valence-corrected chi connectivity index (χ0v) is 8.60. The number of rotatable bonds is 2. The highest BCUT2D eigenvalue weighted by atomic mass is 35.5. The summed E-state index contributed by atoms with van der Waals surface area (Å²) in [6.45, 7) is 0. The molecule has 0 heterocycles. The summed E-state index contributed by atoms with van der Waals surface area (Å²) < 4.78 is 12.8. The van der Waals surface area contributed by atoms with Crippen LogP contribution < -0.4 is 5.43 Å². The van der Waals surface area contributed by atoms with Crippen LogP contribution in [0.5, 0.6) is 0 Å². The summed E-state index contributed by atoms with van der Waals surface area (Å²) in [6, 6.07) is 3.82. The van der Waals surface area contributed by atoms with Gasteiger partial charge in [0, 0.05) is 19.7 Å². The van der Waals surface area contributed by atoms with Crippen molar-refractivity contribution in [2.75, 3.05) is 14.1 Å². The Morgan fingerprint density at radius 3 is 2.64 bits per heavy atom. The van der Waals surface area contributed by atoms with Gasteiger partial charge in [0.25, 0.3) is 5.91 Å². The SMILES string of the molecule is CN(C)NC(=O)c1ccc(F)c(Cl)c1. The predicted molar refractivity (Wildman–Crippen MR) is 52.6 cm³/mol. The first kappa shape index (κ1) is 10.9. The first-order valence-corrected chi connectivity index (χ1v) is 4.32. The number of nitrogens with one attached hydrogen (secondary N) is 1. The van der Waals surface area contributed by atoms with Crippen molar-refractivity contribution in [2.45, 2.75) is 0 Å². The molecule has 3 nitrogen and oxygen atoms in total. The molecule has 0 fully saturated rings. The van der Waals surface area contributed by atoms with E-state index in [0.717, 1.165) is 6.07 Å². The maximum absolute atomic E-state index is 12.8. The molecule has 0 aromatic heterocycles. The molecular weight excluding hydrogens is 207 g/mol. The van der Waals surface area contributed by atoms with Gasteiger partial charge in [-0.2, -0.15) is 0 Å². The van der Waals surface area contributed by atoms with Gasteiger partial charge in [-0.1, -0.05) is 11.6 Å². The maximum Gasteiger partial charge on any atom is 0.265 e. The summed E-state index contributed by atoms with van der Waals surface area (Å²) in [5, 5.41) is 1.44. The second-order valence-electron chi connectivity index (χ2n) is 2.96. The number of hydrazine groups is 1. The Morgan fingerprint density at radius 1 is 1.50 bits per heavy atom. The fraction of sp³-hybridized carbons (Fsp3) is 0.222. The highest BCUT2D eigenvalue weighted by molar-refractivity contribution is 6.31. The summed E-state index contributed by atoms with van der Waals surface area (Å²) in [5.41, 5.74) is 2.84. The Morgan fingerprint density at radius 2 is 2.14 bits per heavy atom. The van der Waals surface area contributed by atoms with Gasteiger partial charge in [0.1, 0.15) is 5.82 Å². The van der Waals surface area contributed by atoms with Crippen LogP contribution >= 0.6 is 11.6 Å². The van der Waals surface area contributed by atoms with E-state index in [2.05, 4.69) is 5.43 Å². The van der Waals surface area contributed by atoms with E-state index in [1.807, 2.05) is 0 Å². The lowest BCUT2D eigenvalue weighted by atomic mass is 10.2. The molecule has 0 aliphatic carbocycles. The predicted octanol–water partition coefficient (Wildman–Crippen LogP) is 1.69. The van der Waals surface area contributed by atoms with Gasteiger partial charge in [-0.3, -0.25) is 10.2 Å². The number of carbonyl (C=O) groups excluding carboxylic acids is 1. The molecule has 1 rings (SSSR count). The Hall–Kier alpha value is -1.13. The first-order chi connectivity index (χ1) is 6.50. The van der Waals surface area contributed by atoms with Gasteiger partial charge >= 0.3 is 0 Å². The third-order valence-electron chi connectivity index (χ3n) is 1.51. The standard InChI is InChI=1S/C9H10ClFN2O/c1-13(2)12-9(14)6-3-4-8(11)7(10)5-6/h3-5H,1-2H3,(H,12,14). The normalized spacial score (nSPS) is 10.4. The van der Waals surface area contributed by atoms with Gasteiger partial charge in [-0.05, 0) is 18.2 Å². The minimum atomic E-state index is -0.534. The maximum atomic E-state index is 12.8. The van der Waals surface area contributed by atoms with E-state index in [-0.39, 0.29) is 10.9 Å². The van der Waals surface area contributed by atoms with Crippen LogP contribution in [-0.2, 0) is 0 Å². The highest BCUT2D eigenvalue weighted by Crippen LogP contribution is 2.15. The number of carbonyl (C=O) groups is 1. The second kappa shape index (κ2) is 4.39. The first-order valence-electron chi connectivity index (χ1n) is 3.94. The van der Waals surface area contributed by atoms with Crippen molar-refractivity contribution < 1.29 is 9.18 Å². The molecule has 0 aliphatic rings. The molecule has 1 amide bonds. The van der Waals surface area contributed by atoms with Gasteiger partial charge in [-0.25, -0.2) is 9.40 Å². The number of hydrogen-bond donors (Lipinski definition) is 1. The largest absolute Gasteiger partial charge is 0.285 e. The van der Waals surface area contributed by atoms with Crippen molar-refractivity contribution in [1.82, 2.24) is 10.4 Å². The molecule has 0 atom stereocenters. The molecule has 1 N–H and O–H groups in total. The highest BCUT2D eigenvalue weighted by Gasteiger charge is 2.08. The Kier molecular flexibility index (Phi) is 3.43. The summed E-state index contributed by atoms with van der Waals surface area (Å²) >= 11 is 5.53. The Bertz CT molecular complexity index is 355. The molecule has 0 bridgehead atoms. The molecule has 1 aromatic carbocycles. The molecule has 14 heavy (non-hydrogen) atoms. The molecule has 0 unspecified atom stereocenters. The Balaban J connectivity index is 2.86. The van der Waals surface area contributed by atoms with Crippen molar-refractivity contribution in [3.63, 3.8) is 0 Å². The van der Waals surface area contributed by atoms with Crippen molar-refractivity contribution in [3.8, 4) is 0 Å². The third kappa shape index (κ3) is 2.68. The lowest BCUT2D eigenvalue weighted by Gasteiger charge is -2.11. The van der Waals surface area contributed by atoms with Crippen LogP contribution in [0, 0.1) is 5.82 Å².